The molecule has 6 heteroatoms. The number of rotatable bonds is 6. The van der Waals surface area contributed by atoms with Crippen LogP contribution in [0, 0.1) is 11.8 Å². The lowest BCUT2D eigenvalue weighted by atomic mass is 9.99. The summed E-state index contributed by atoms with van der Waals surface area (Å²) in [7, 11) is 2.06. The van der Waals surface area contributed by atoms with E-state index in [0.29, 0.717) is 18.9 Å². The summed E-state index contributed by atoms with van der Waals surface area (Å²) in [5.41, 5.74) is 0. The zero-order chi connectivity index (χ0) is 14.4. The molecule has 3 atom stereocenters. The molecule has 0 bridgehead atoms. The molecule has 1 saturated heterocycles. The highest BCUT2D eigenvalue weighted by Gasteiger charge is 2.26. The summed E-state index contributed by atoms with van der Waals surface area (Å²) in [6.07, 6.45) is 1.79. The van der Waals surface area contributed by atoms with Gasteiger partial charge in [0, 0.05) is 13.1 Å². The maximum absolute atomic E-state index is 11.7. The van der Waals surface area contributed by atoms with Crippen LogP contribution in [0.15, 0.2) is 0 Å². The second-order valence-corrected chi connectivity index (χ2v) is 5.47. The molecule has 0 spiro atoms. The maximum Gasteiger partial charge on any atom is 0.326 e. The molecule has 1 rings (SSSR count). The number of carbonyl (C=O) groups is 2. The minimum Gasteiger partial charge on any atom is -0.480 e. The van der Waals surface area contributed by atoms with Gasteiger partial charge in [-0.2, -0.15) is 0 Å². The molecule has 0 aliphatic carbocycles. The maximum atomic E-state index is 11.7. The summed E-state index contributed by atoms with van der Waals surface area (Å²) >= 11 is 0. The average molecular weight is 271 g/mol. The fourth-order valence-corrected chi connectivity index (χ4v) is 2.31. The van der Waals surface area contributed by atoms with E-state index in [9.17, 15) is 9.59 Å². The highest BCUT2D eigenvalue weighted by atomic mass is 16.4. The van der Waals surface area contributed by atoms with Crippen LogP contribution in [0.1, 0.15) is 26.7 Å². The third-order valence-electron chi connectivity index (χ3n) is 3.81. The predicted octanol–water partition coefficient (Wildman–Crippen LogP) is 0.737. The molecule has 3 N–H and O–H groups in total. The van der Waals surface area contributed by atoms with Crippen LogP contribution in [0.5, 0.6) is 0 Å². The largest absolute Gasteiger partial charge is 0.480 e. The third-order valence-corrected chi connectivity index (χ3v) is 3.81. The van der Waals surface area contributed by atoms with Crippen molar-refractivity contribution in [1.29, 1.82) is 0 Å². The number of urea groups is 1. The first-order chi connectivity index (χ1) is 8.93. The van der Waals surface area contributed by atoms with Crippen molar-refractivity contribution in [3.63, 3.8) is 0 Å². The Balaban J connectivity index is 2.34. The van der Waals surface area contributed by atoms with Crippen LogP contribution in [0.25, 0.3) is 0 Å². The van der Waals surface area contributed by atoms with E-state index in [1.165, 1.54) is 0 Å². The highest BCUT2D eigenvalue weighted by Crippen LogP contribution is 2.13. The number of aliphatic carboxylic acids is 1. The molecule has 0 aromatic heterocycles. The first-order valence-corrected chi connectivity index (χ1v) is 6.89. The fraction of sp³-hybridized carbons (Fsp3) is 0.846. The Morgan fingerprint density at radius 2 is 2.16 bits per heavy atom. The van der Waals surface area contributed by atoms with Crippen molar-refractivity contribution in [2.75, 3.05) is 26.7 Å². The Morgan fingerprint density at radius 1 is 1.47 bits per heavy atom. The van der Waals surface area contributed by atoms with Crippen molar-refractivity contribution in [1.82, 2.24) is 15.5 Å². The average Bonchev–Trinajstić information content (AvgIpc) is 2.78. The van der Waals surface area contributed by atoms with Gasteiger partial charge in [0.1, 0.15) is 6.04 Å². The second-order valence-electron chi connectivity index (χ2n) is 5.47. The number of nitrogens with one attached hydrogen (secondary N) is 2. The van der Waals surface area contributed by atoms with Crippen LogP contribution in [0.4, 0.5) is 4.79 Å². The van der Waals surface area contributed by atoms with Gasteiger partial charge >= 0.3 is 12.0 Å². The van der Waals surface area contributed by atoms with Gasteiger partial charge < -0.3 is 20.6 Å². The van der Waals surface area contributed by atoms with E-state index in [1.54, 1.807) is 0 Å². The molecular formula is C13H25N3O3. The molecule has 0 radical (unpaired) electrons. The summed E-state index contributed by atoms with van der Waals surface area (Å²) in [5.74, 6) is -0.603. The third kappa shape index (κ3) is 5.06. The molecule has 1 aliphatic rings. The Kier molecular flexibility index (Phi) is 6.08. The Labute approximate surface area is 114 Å². The van der Waals surface area contributed by atoms with Crippen LogP contribution >= 0.6 is 0 Å². The number of likely N-dealkylation sites (tertiary alicyclic amines) is 1. The molecule has 1 heterocycles. The fourth-order valence-electron chi connectivity index (χ4n) is 2.31. The Hall–Kier alpha value is -1.30. The van der Waals surface area contributed by atoms with Crippen molar-refractivity contribution in [2.24, 2.45) is 11.8 Å². The van der Waals surface area contributed by atoms with Crippen molar-refractivity contribution in [3.8, 4) is 0 Å². The van der Waals surface area contributed by atoms with E-state index in [1.807, 2.05) is 13.8 Å². The number of carboxylic acids is 1. The SMILES string of the molecule is CCC(C)[C@H](NC(=O)NCC1CCN(C)C1)C(=O)O. The van der Waals surface area contributed by atoms with Gasteiger partial charge in [-0.25, -0.2) is 9.59 Å². The number of carboxylic acid groups (broad SMARTS) is 1. The van der Waals surface area contributed by atoms with Crippen LogP contribution in [-0.4, -0.2) is 54.7 Å². The van der Waals surface area contributed by atoms with Crippen molar-refractivity contribution >= 4 is 12.0 Å². The standard InChI is InChI=1S/C13H25N3O3/c1-4-9(2)11(12(17)18)15-13(19)14-7-10-5-6-16(3)8-10/h9-11H,4-8H2,1-3H3,(H,17,18)(H2,14,15,19)/t9?,10?,11-/m0/s1. The summed E-state index contributed by atoms with van der Waals surface area (Å²) in [4.78, 5) is 25.0. The molecule has 0 aromatic rings. The molecule has 0 saturated carbocycles. The normalized spacial score (nSPS) is 22.8. The zero-order valence-corrected chi connectivity index (χ0v) is 12.0. The van der Waals surface area contributed by atoms with Crippen molar-refractivity contribution < 1.29 is 14.7 Å². The van der Waals surface area contributed by atoms with Gasteiger partial charge in [-0.1, -0.05) is 20.3 Å². The molecular weight excluding hydrogens is 246 g/mol. The summed E-state index contributed by atoms with van der Waals surface area (Å²) in [5, 5.41) is 14.4. The van der Waals surface area contributed by atoms with E-state index < -0.39 is 12.0 Å². The number of hydrogen-bond donors (Lipinski definition) is 3. The summed E-state index contributed by atoms with van der Waals surface area (Å²) in [6, 6.07) is -1.21. The molecule has 2 amide bonds. The predicted molar refractivity (Wildman–Crippen MR) is 73.0 cm³/mol. The molecule has 110 valence electrons. The summed E-state index contributed by atoms with van der Waals surface area (Å²) < 4.78 is 0. The minimum atomic E-state index is -0.981. The van der Waals surface area contributed by atoms with Crippen LogP contribution in [-0.2, 0) is 4.79 Å². The Morgan fingerprint density at radius 3 is 2.63 bits per heavy atom. The highest BCUT2D eigenvalue weighted by molar-refractivity contribution is 5.82. The van der Waals surface area contributed by atoms with Gasteiger partial charge in [0.25, 0.3) is 0 Å². The van der Waals surface area contributed by atoms with Gasteiger partial charge in [-0.3, -0.25) is 0 Å². The second kappa shape index (κ2) is 7.33. The van der Waals surface area contributed by atoms with E-state index in [-0.39, 0.29) is 11.9 Å². The van der Waals surface area contributed by atoms with Gasteiger partial charge in [0.15, 0.2) is 0 Å². The molecule has 0 aromatic carbocycles. The smallest absolute Gasteiger partial charge is 0.326 e. The molecule has 2 unspecified atom stereocenters. The summed E-state index contributed by atoms with van der Waals surface area (Å²) in [6.45, 7) is 6.37. The molecule has 1 fully saturated rings. The Bertz CT molecular complexity index is 322. The lowest BCUT2D eigenvalue weighted by molar-refractivity contribution is -0.140. The van der Waals surface area contributed by atoms with E-state index >= 15 is 0 Å². The molecule has 1 aliphatic heterocycles. The van der Waals surface area contributed by atoms with E-state index in [4.69, 9.17) is 5.11 Å². The lowest BCUT2D eigenvalue weighted by Crippen LogP contribution is -2.49. The number of nitrogens with zero attached hydrogens (tertiary/aromatic N) is 1. The number of amides is 2. The van der Waals surface area contributed by atoms with Gasteiger partial charge in [-0.15, -0.1) is 0 Å². The zero-order valence-electron chi connectivity index (χ0n) is 12.0. The van der Waals surface area contributed by atoms with E-state index in [2.05, 4.69) is 22.6 Å². The van der Waals surface area contributed by atoms with E-state index in [0.717, 1.165) is 19.5 Å². The molecule has 19 heavy (non-hydrogen) atoms. The molecule has 6 nitrogen and oxygen atoms in total. The van der Waals surface area contributed by atoms with Crippen molar-refractivity contribution in [3.05, 3.63) is 0 Å². The van der Waals surface area contributed by atoms with Crippen LogP contribution in [0.2, 0.25) is 0 Å². The minimum absolute atomic E-state index is 0.0825. The number of hydrogen-bond acceptors (Lipinski definition) is 3. The monoisotopic (exact) mass is 271 g/mol. The lowest BCUT2D eigenvalue weighted by Gasteiger charge is -2.21. The topological polar surface area (TPSA) is 81.7 Å². The first-order valence-electron chi connectivity index (χ1n) is 6.89. The van der Waals surface area contributed by atoms with Gasteiger partial charge in [-0.05, 0) is 31.8 Å². The van der Waals surface area contributed by atoms with Gasteiger partial charge in [0.2, 0.25) is 0 Å². The van der Waals surface area contributed by atoms with Crippen LogP contribution in [0.3, 0.4) is 0 Å². The number of carbonyl (C=O) groups excluding carboxylic acids is 1. The quantitative estimate of drug-likeness (QED) is 0.665. The van der Waals surface area contributed by atoms with Gasteiger partial charge in [0.05, 0.1) is 0 Å². The van der Waals surface area contributed by atoms with Crippen LogP contribution < -0.4 is 10.6 Å². The van der Waals surface area contributed by atoms with Crippen molar-refractivity contribution in [2.45, 2.75) is 32.7 Å². The first kappa shape index (κ1) is 15.8.